The Morgan fingerprint density at radius 2 is 1.89 bits per heavy atom. The fourth-order valence-corrected chi connectivity index (χ4v) is 2.24. The van der Waals surface area contributed by atoms with E-state index in [-0.39, 0.29) is 17.2 Å². The molecule has 0 aliphatic carbocycles. The van der Waals surface area contributed by atoms with Gasteiger partial charge in [0.1, 0.15) is 5.78 Å². The van der Waals surface area contributed by atoms with Gasteiger partial charge < -0.3 is 5.73 Å². The Labute approximate surface area is 111 Å². The molecule has 18 heavy (non-hydrogen) atoms. The lowest BCUT2D eigenvalue weighted by Crippen LogP contribution is -2.29. The maximum Gasteiger partial charge on any atom is 0.138 e. The van der Waals surface area contributed by atoms with Crippen molar-refractivity contribution < 1.29 is 4.79 Å². The van der Waals surface area contributed by atoms with E-state index in [4.69, 9.17) is 5.73 Å². The van der Waals surface area contributed by atoms with Gasteiger partial charge in [-0.1, -0.05) is 45.0 Å². The van der Waals surface area contributed by atoms with E-state index in [2.05, 4.69) is 20.8 Å². The molecule has 1 unspecified atom stereocenters. The number of nitrogens with two attached hydrogens (primary N) is 1. The smallest absolute Gasteiger partial charge is 0.138 e. The molecule has 0 spiro atoms. The minimum Gasteiger partial charge on any atom is -0.327 e. The van der Waals surface area contributed by atoms with E-state index in [1.807, 2.05) is 31.2 Å². The summed E-state index contributed by atoms with van der Waals surface area (Å²) in [5.74, 6) is 0.237. The molecule has 0 radical (unpaired) electrons. The lowest BCUT2D eigenvalue weighted by molar-refractivity contribution is -0.118. The van der Waals surface area contributed by atoms with Crippen LogP contribution in [0.4, 0.5) is 0 Å². The Morgan fingerprint density at radius 1 is 1.28 bits per heavy atom. The van der Waals surface area contributed by atoms with Crippen LogP contribution in [0.15, 0.2) is 24.3 Å². The number of Topliss-reactive ketones (excluding diaryl/α,β-unsaturated/α-hetero) is 1. The van der Waals surface area contributed by atoms with Crippen LogP contribution in [0, 0.1) is 12.3 Å². The summed E-state index contributed by atoms with van der Waals surface area (Å²) >= 11 is 0. The number of hydrogen-bond donors (Lipinski definition) is 1. The van der Waals surface area contributed by atoms with Crippen LogP contribution in [-0.2, 0) is 11.2 Å². The maximum atomic E-state index is 12.0. The van der Waals surface area contributed by atoms with Gasteiger partial charge >= 0.3 is 0 Å². The lowest BCUT2D eigenvalue weighted by Gasteiger charge is -2.22. The third kappa shape index (κ3) is 5.46. The Kier molecular flexibility index (Phi) is 5.09. The Bertz CT molecular complexity index is 404. The van der Waals surface area contributed by atoms with E-state index in [9.17, 15) is 4.79 Å². The third-order valence-electron chi connectivity index (χ3n) is 3.01. The number of carbonyl (C=O) groups excluding carboxylic acids is 1. The van der Waals surface area contributed by atoms with E-state index in [1.54, 1.807) is 0 Å². The molecule has 0 aliphatic rings. The highest BCUT2D eigenvalue weighted by Crippen LogP contribution is 2.21. The van der Waals surface area contributed by atoms with Gasteiger partial charge in [0.05, 0.1) is 0 Å². The second-order valence-electron chi connectivity index (χ2n) is 6.37. The lowest BCUT2D eigenvalue weighted by atomic mass is 9.86. The molecule has 0 aromatic heterocycles. The van der Waals surface area contributed by atoms with Crippen LogP contribution in [0.1, 0.15) is 44.7 Å². The normalized spacial score (nSPS) is 13.4. The molecule has 0 bridgehead atoms. The van der Waals surface area contributed by atoms with Gasteiger partial charge in [0, 0.05) is 18.9 Å². The summed E-state index contributed by atoms with van der Waals surface area (Å²) in [7, 11) is 0. The highest BCUT2D eigenvalue weighted by atomic mass is 16.1. The molecule has 2 heteroatoms. The number of hydrogen-bond acceptors (Lipinski definition) is 2. The fraction of sp³-hybridized carbons (Fsp3) is 0.562. The van der Waals surface area contributed by atoms with Crippen LogP contribution in [0.5, 0.6) is 0 Å². The molecule has 2 N–H and O–H groups in total. The molecule has 0 saturated heterocycles. The summed E-state index contributed by atoms with van der Waals surface area (Å²) in [6.45, 7) is 8.49. The predicted octanol–water partition coefficient (Wildman–Crippen LogP) is 3.26. The minimum atomic E-state index is -0.0264. The molecule has 1 aromatic rings. The number of ketones is 1. The fourth-order valence-electron chi connectivity index (χ4n) is 2.24. The summed E-state index contributed by atoms with van der Waals surface area (Å²) < 4.78 is 0. The zero-order valence-electron chi connectivity index (χ0n) is 12.0. The van der Waals surface area contributed by atoms with Crippen molar-refractivity contribution in [3.8, 4) is 0 Å². The second kappa shape index (κ2) is 6.14. The number of benzene rings is 1. The highest BCUT2D eigenvalue weighted by molar-refractivity contribution is 5.81. The van der Waals surface area contributed by atoms with Crippen molar-refractivity contribution in [2.24, 2.45) is 11.1 Å². The number of carbonyl (C=O) groups is 1. The van der Waals surface area contributed by atoms with Crippen molar-refractivity contribution >= 4 is 5.78 Å². The standard InChI is InChI=1S/C16H25NO/c1-12-7-5-6-8-13(12)9-15(18)10-14(17)11-16(2,3)4/h5-8,14H,9-11,17H2,1-4H3. The summed E-state index contributed by atoms with van der Waals surface area (Å²) in [6, 6.07) is 8.00. The van der Waals surface area contributed by atoms with E-state index >= 15 is 0 Å². The Hall–Kier alpha value is -1.15. The first-order valence-electron chi connectivity index (χ1n) is 6.60. The van der Waals surface area contributed by atoms with Gasteiger partial charge in [0.25, 0.3) is 0 Å². The van der Waals surface area contributed by atoms with E-state index in [0.29, 0.717) is 12.8 Å². The molecule has 0 heterocycles. The molecular formula is C16H25NO. The van der Waals surface area contributed by atoms with E-state index < -0.39 is 0 Å². The van der Waals surface area contributed by atoms with E-state index in [1.165, 1.54) is 5.56 Å². The first kappa shape index (κ1) is 14.9. The van der Waals surface area contributed by atoms with Crippen molar-refractivity contribution in [1.29, 1.82) is 0 Å². The van der Waals surface area contributed by atoms with Gasteiger partial charge in [0.2, 0.25) is 0 Å². The van der Waals surface area contributed by atoms with Gasteiger partial charge in [-0.3, -0.25) is 4.79 Å². The summed E-state index contributed by atoms with van der Waals surface area (Å²) in [6.07, 6.45) is 1.86. The molecule has 2 nitrogen and oxygen atoms in total. The molecule has 100 valence electrons. The molecular weight excluding hydrogens is 222 g/mol. The molecule has 0 aliphatic heterocycles. The topological polar surface area (TPSA) is 43.1 Å². The number of aryl methyl sites for hydroxylation is 1. The van der Waals surface area contributed by atoms with Gasteiger partial charge in [-0.05, 0) is 29.9 Å². The third-order valence-corrected chi connectivity index (χ3v) is 3.01. The van der Waals surface area contributed by atoms with E-state index in [0.717, 1.165) is 12.0 Å². The largest absolute Gasteiger partial charge is 0.327 e. The summed E-state index contributed by atoms with van der Waals surface area (Å²) in [5.41, 5.74) is 8.51. The second-order valence-corrected chi connectivity index (χ2v) is 6.37. The Morgan fingerprint density at radius 3 is 2.44 bits per heavy atom. The molecule has 1 rings (SSSR count). The summed E-state index contributed by atoms with van der Waals surface area (Å²) in [5, 5.41) is 0. The zero-order valence-corrected chi connectivity index (χ0v) is 12.0. The molecule has 0 fully saturated rings. The van der Waals surface area contributed by atoms with Gasteiger partial charge in [0.15, 0.2) is 0 Å². The first-order valence-corrected chi connectivity index (χ1v) is 6.60. The van der Waals surface area contributed by atoms with Crippen LogP contribution in [0.2, 0.25) is 0 Å². The van der Waals surface area contributed by atoms with Crippen molar-refractivity contribution in [1.82, 2.24) is 0 Å². The van der Waals surface area contributed by atoms with Crippen molar-refractivity contribution in [2.75, 3.05) is 0 Å². The molecule has 1 atom stereocenters. The monoisotopic (exact) mass is 247 g/mol. The van der Waals surface area contributed by atoms with Crippen molar-refractivity contribution in [3.63, 3.8) is 0 Å². The van der Waals surface area contributed by atoms with Crippen molar-refractivity contribution in [2.45, 2.75) is 53.0 Å². The molecule has 0 saturated carbocycles. The highest BCUT2D eigenvalue weighted by Gasteiger charge is 2.18. The Balaban J connectivity index is 2.50. The van der Waals surface area contributed by atoms with Gasteiger partial charge in [-0.2, -0.15) is 0 Å². The number of rotatable bonds is 5. The average Bonchev–Trinajstić information content (AvgIpc) is 2.18. The summed E-state index contributed by atoms with van der Waals surface area (Å²) in [4.78, 5) is 12.0. The van der Waals surface area contributed by atoms with Crippen LogP contribution < -0.4 is 5.73 Å². The van der Waals surface area contributed by atoms with Crippen LogP contribution in [0.25, 0.3) is 0 Å². The molecule has 0 amide bonds. The first-order chi connectivity index (χ1) is 8.28. The van der Waals surface area contributed by atoms with Crippen molar-refractivity contribution in [3.05, 3.63) is 35.4 Å². The van der Waals surface area contributed by atoms with Crippen LogP contribution >= 0.6 is 0 Å². The quantitative estimate of drug-likeness (QED) is 0.868. The molecule has 1 aromatic carbocycles. The van der Waals surface area contributed by atoms with Gasteiger partial charge in [-0.25, -0.2) is 0 Å². The van der Waals surface area contributed by atoms with Gasteiger partial charge in [-0.15, -0.1) is 0 Å². The predicted molar refractivity (Wildman–Crippen MR) is 76.6 cm³/mol. The van der Waals surface area contributed by atoms with Crippen LogP contribution in [-0.4, -0.2) is 11.8 Å². The minimum absolute atomic E-state index is 0.0264. The maximum absolute atomic E-state index is 12.0. The average molecular weight is 247 g/mol. The van der Waals surface area contributed by atoms with Crippen LogP contribution in [0.3, 0.4) is 0 Å². The zero-order chi connectivity index (χ0) is 13.8. The SMILES string of the molecule is Cc1ccccc1CC(=O)CC(N)CC(C)(C)C.